The van der Waals surface area contributed by atoms with Crippen LogP contribution in [-0.4, -0.2) is 126 Å². The fourth-order valence-corrected chi connectivity index (χ4v) is 8.75. The van der Waals surface area contributed by atoms with Gasteiger partial charge in [-0.3, -0.25) is 59.4 Å². The van der Waals surface area contributed by atoms with E-state index in [0.717, 1.165) is 37.2 Å². The number of amides is 6. The lowest BCUT2D eigenvalue weighted by Gasteiger charge is -2.27. The Morgan fingerprint density at radius 3 is 2.20 bits per heavy atom. The van der Waals surface area contributed by atoms with Crippen molar-refractivity contribution in [3.63, 3.8) is 0 Å². The summed E-state index contributed by atoms with van der Waals surface area (Å²) < 4.78 is 24.1. The van der Waals surface area contributed by atoms with E-state index in [2.05, 4.69) is 45.5 Å². The molecule has 4 aromatic rings. The molecule has 1 unspecified atom stereocenters. The predicted octanol–water partition coefficient (Wildman–Crippen LogP) is 3.31. The van der Waals surface area contributed by atoms with Crippen LogP contribution < -0.4 is 21.5 Å². The zero-order valence-corrected chi connectivity index (χ0v) is 37.1. The Labute approximate surface area is 377 Å². The lowest BCUT2D eigenvalue weighted by molar-refractivity contribution is -0.136. The number of carbonyl (C=O) groups excluding carboxylic acids is 6. The Morgan fingerprint density at radius 2 is 1.50 bits per heavy atom. The van der Waals surface area contributed by atoms with Gasteiger partial charge in [-0.05, 0) is 57.0 Å². The zero-order chi connectivity index (χ0) is 45.3. The molecule has 4 N–H and O–H groups in total. The van der Waals surface area contributed by atoms with Crippen molar-refractivity contribution in [2.45, 2.75) is 58.5 Å². The Hall–Kier alpha value is -5.90. The molecule has 7 rings (SSSR count). The second kappa shape index (κ2) is 21.2. The average Bonchev–Trinajstić information content (AvgIpc) is 3.85. The van der Waals surface area contributed by atoms with Crippen LogP contribution in [0.1, 0.15) is 85.7 Å². The van der Waals surface area contributed by atoms with Gasteiger partial charge in [0.15, 0.2) is 5.82 Å². The standard InChI is InChI=1S/C43H48ClN9O10S/c1-24-25(2)64-43-36(24)38(27-7-9-28(44)10-8-27)46-31(39-51-48-26(3)52(39)43)23-35(56)50-49-34(55)13-15-60-17-19-62-21-22-63-20-18-61-16-14-45-30-6-4-5-29-37(30)42(59)53(41(29)58)32-11-12-33(54)47-40(32)57/h4-10,31-32,45H,11-23H2,1-3H3,(H,49,55)(H,50,56)(H,47,54,57)/t31-,32?/m0/s1. The Balaban J connectivity index is 0.734. The summed E-state index contributed by atoms with van der Waals surface area (Å²) in [6.07, 6.45) is 0.0574. The molecule has 2 aromatic heterocycles. The zero-order valence-electron chi connectivity index (χ0n) is 35.5. The maximum Gasteiger partial charge on any atom is 0.264 e. The van der Waals surface area contributed by atoms with E-state index in [0.29, 0.717) is 68.5 Å². The maximum absolute atomic E-state index is 13.2. The molecule has 0 saturated carbocycles. The quantitative estimate of drug-likeness (QED) is 0.0567. The number of thiophene rings is 1. The lowest BCUT2D eigenvalue weighted by Crippen LogP contribution is -2.54. The van der Waals surface area contributed by atoms with Crippen LogP contribution in [0.15, 0.2) is 47.5 Å². The van der Waals surface area contributed by atoms with Gasteiger partial charge >= 0.3 is 0 Å². The summed E-state index contributed by atoms with van der Waals surface area (Å²) in [6, 6.07) is 10.6. The lowest BCUT2D eigenvalue weighted by atomic mass is 9.99. The first-order chi connectivity index (χ1) is 30.9. The van der Waals surface area contributed by atoms with E-state index in [1.807, 2.05) is 23.6 Å². The van der Waals surface area contributed by atoms with Crippen molar-refractivity contribution >= 4 is 69.8 Å². The van der Waals surface area contributed by atoms with Crippen molar-refractivity contribution in [1.82, 2.24) is 35.8 Å². The van der Waals surface area contributed by atoms with Crippen molar-refractivity contribution in [2.24, 2.45) is 4.99 Å². The largest absolute Gasteiger partial charge is 0.382 e. The van der Waals surface area contributed by atoms with Crippen molar-refractivity contribution in [1.29, 1.82) is 0 Å². The van der Waals surface area contributed by atoms with Crippen LogP contribution in [0.5, 0.6) is 0 Å². The molecule has 2 atom stereocenters. The van der Waals surface area contributed by atoms with E-state index in [1.54, 1.807) is 35.6 Å². The molecule has 2 aromatic carbocycles. The highest BCUT2D eigenvalue weighted by atomic mass is 35.5. The van der Waals surface area contributed by atoms with Crippen LogP contribution in [0.3, 0.4) is 0 Å². The number of imide groups is 2. The molecule has 1 fully saturated rings. The van der Waals surface area contributed by atoms with Gasteiger partial charge in [0, 0.05) is 39.7 Å². The molecule has 3 aliphatic heterocycles. The van der Waals surface area contributed by atoms with Crippen molar-refractivity contribution in [3.05, 3.63) is 91.8 Å². The highest BCUT2D eigenvalue weighted by Gasteiger charge is 2.45. The maximum atomic E-state index is 13.2. The van der Waals surface area contributed by atoms with E-state index in [1.165, 1.54) is 6.07 Å². The molecular formula is C43H48ClN9O10S. The van der Waals surface area contributed by atoms with Gasteiger partial charge < -0.3 is 24.3 Å². The fraction of sp³-hybridized carbons (Fsp3) is 0.419. The molecule has 0 spiro atoms. The number of anilines is 1. The number of piperidine rings is 1. The monoisotopic (exact) mass is 917 g/mol. The molecule has 19 nitrogen and oxygen atoms in total. The Bertz CT molecular complexity index is 2450. The normalized spacial score (nSPS) is 16.8. The van der Waals surface area contributed by atoms with Gasteiger partial charge in [-0.25, -0.2) is 0 Å². The minimum Gasteiger partial charge on any atom is -0.382 e. The summed E-state index contributed by atoms with van der Waals surface area (Å²) in [7, 11) is 0. The number of carbonyl (C=O) groups is 6. The molecule has 0 aliphatic carbocycles. The average molecular weight is 918 g/mol. The number of hydrogen-bond acceptors (Lipinski definition) is 15. The van der Waals surface area contributed by atoms with Crippen LogP contribution in [0.4, 0.5) is 5.69 Å². The summed E-state index contributed by atoms with van der Waals surface area (Å²) in [5.74, 6) is -1.91. The predicted molar refractivity (Wildman–Crippen MR) is 234 cm³/mol. The van der Waals surface area contributed by atoms with Crippen LogP contribution in [0, 0.1) is 20.8 Å². The molecule has 64 heavy (non-hydrogen) atoms. The van der Waals surface area contributed by atoms with E-state index in [4.69, 9.17) is 35.5 Å². The van der Waals surface area contributed by atoms with Gasteiger partial charge in [0.05, 0.1) is 82.5 Å². The van der Waals surface area contributed by atoms with Gasteiger partial charge in [-0.2, -0.15) is 0 Å². The molecule has 338 valence electrons. The summed E-state index contributed by atoms with van der Waals surface area (Å²) in [6.45, 7) is 8.60. The van der Waals surface area contributed by atoms with Gasteiger partial charge in [0.2, 0.25) is 23.6 Å². The number of rotatable bonds is 20. The summed E-state index contributed by atoms with van der Waals surface area (Å²) >= 11 is 7.81. The van der Waals surface area contributed by atoms with E-state index >= 15 is 0 Å². The summed E-state index contributed by atoms with van der Waals surface area (Å²) in [5.41, 5.74) is 9.37. The number of aryl methyl sites for hydroxylation is 2. The van der Waals surface area contributed by atoms with E-state index in [-0.39, 0.29) is 50.0 Å². The number of nitrogens with one attached hydrogen (secondary N) is 4. The minimum atomic E-state index is -1.03. The molecule has 21 heteroatoms. The number of ether oxygens (including phenoxy) is 4. The molecule has 0 radical (unpaired) electrons. The number of aromatic nitrogens is 3. The van der Waals surface area contributed by atoms with E-state index < -0.39 is 47.5 Å². The second-order valence-corrected chi connectivity index (χ2v) is 16.6. The first-order valence-corrected chi connectivity index (χ1v) is 22.0. The number of benzene rings is 2. The number of hydrazine groups is 1. The van der Waals surface area contributed by atoms with Crippen LogP contribution in [0.2, 0.25) is 5.02 Å². The van der Waals surface area contributed by atoms with Crippen LogP contribution >= 0.6 is 22.9 Å². The minimum absolute atomic E-state index is 0.0159. The Morgan fingerprint density at radius 1 is 0.828 bits per heavy atom. The number of nitrogens with zero attached hydrogens (tertiary/aromatic N) is 5. The molecule has 1 saturated heterocycles. The third-order valence-corrected chi connectivity index (χ3v) is 12.1. The number of aliphatic imine (C=N–C) groups is 1. The van der Waals surface area contributed by atoms with Gasteiger partial charge in [-0.1, -0.05) is 29.8 Å². The number of hydrogen-bond donors (Lipinski definition) is 4. The van der Waals surface area contributed by atoms with Crippen molar-refractivity contribution in [2.75, 3.05) is 64.7 Å². The first-order valence-electron chi connectivity index (χ1n) is 20.8. The highest BCUT2D eigenvalue weighted by Crippen LogP contribution is 2.40. The van der Waals surface area contributed by atoms with Crippen LogP contribution in [0.25, 0.3) is 5.00 Å². The molecule has 0 bridgehead atoms. The number of halogens is 1. The summed E-state index contributed by atoms with van der Waals surface area (Å²) in [4.78, 5) is 82.9. The topological polar surface area (TPSA) is 234 Å². The van der Waals surface area contributed by atoms with E-state index in [9.17, 15) is 28.8 Å². The third kappa shape index (κ3) is 10.5. The molecular weight excluding hydrogens is 870 g/mol. The third-order valence-electron chi connectivity index (χ3n) is 10.7. The molecule has 3 aliphatic rings. The van der Waals surface area contributed by atoms with Crippen molar-refractivity contribution < 1.29 is 47.7 Å². The van der Waals surface area contributed by atoms with Gasteiger partial charge in [-0.15, -0.1) is 21.5 Å². The molecule has 6 amide bonds. The Kier molecular flexibility index (Phi) is 15.3. The van der Waals surface area contributed by atoms with Crippen LogP contribution in [-0.2, 0) is 38.1 Å². The summed E-state index contributed by atoms with van der Waals surface area (Å²) in [5, 5.41) is 15.6. The smallest absolute Gasteiger partial charge is 0.264 e. The molecule has 5 heterocycles. The van der Waals surface area contributed by atoms with Crippen molar-refractivity contribution in [3.8, 4) is 5.00 Å². The highest BCUT2D eigenvalue weighted by molar-refractivity contribution is 7.15. The second-order valence-electron chi connectivity index (χ2n) is 15.0. The SMILES string of the molecule is Cc1sc2c(c1C)C(c1ccc(Cl)cc1)=N[C@@H](CC(=O)NNC(=O)CCOCCOCCOCCOCCNc1cccc3c1C(=O)N(C1CCC(=O)NC1=O)C3=O)c1nnc(C)n1-2. The fourth-order valence-electron chi connectivity index (χ4n) is 7.41. The van der Waals surface area contributed by atoms with Gasteiger partial charge in [0.1, 0.15) is 22.9 Å². The van der Waals surface area contributed by atoms with Gasteiger partial charge in [0.25, 0.3) is 11.8 Å². The number of fused-ring (bicyclic) bond motifs is 4. The first kappa shape index (κ1) is 46.1.